The SMILES string of the molecule is COc1cc(Nc2nc(-c3cccc(N)c3)nc3c2ncn3Cc2ccc(C(F)(F)F)cc2)cc(OC)c1OC. The largest absolute Gasteiger partial charge is 0.493 e. The first-order chi connectivity index (χ1) is 19.2. The lowest BCUT2D eigenvalue weighted by molar-refractivity contribution is -0.137. The number of hydrogen-bond donors (Lipinski definition) is 2. The van der Waals surface area contributed by atoms with E-state index in [1.807, 2.05) is 6.07 Å². The third kappa shape index (κ3) is 5.28. The first kappa shape index (κ1) is 26.6. The Bertz CT molecular complexity index is 1640. The first-order valence-corrected chi connectivity index (χ1v) is 12.0. The third-order valence-corrected chi connectivity index (χ3v) is 6.17. The Morgan fingerprint density at radius 1 is 0.900 bits per heavy atom. The van der Waals surface area contributed by atoms with Gasteiger partial charge >= 0.3 is 6.18 Å². The van der Waals surface area contributed by atoms with E-state index in [1.165, 1.54) is 33.5 Å². The average Bonchev–Trinajstić information content (AvgIpc) is 3.35. The standard InChI is InChI=1S/C28H25F3N6O3/c1-38-21-12-20(13-22(39-2)24(21)40-3)34-26-23-27(36-25(35-26)17-5-4-6-19(32)11-17)37(15-33-23)14-16-7-9-18(10-8-16)28(29,30)31/h4-13,15H,14,32H2,1-3H3,(H,34,35,36). The number of halogens is 3. The monoisotopic (exact) mass is 550 g/mol. The average molecular weight is 551 g/mol. The van der Waals surface area contributed by atoms with Crippen molar-refractivity contribution >= 4 is 28.4 Å². The number of imidazole rings is 1. The number of hydrogen-bond acceptors (Lipinski definition) is 8. The second kappa shape index (κ2) is 10.6. The zero-order valence-electron chi connectivity index (χ0n) is 21.8. The number of methoxy groups -OCH3 is 3. The summed E-state index contributed by atoms with van der Waals surface area (Å²) in [5, 5.41) is 3.27. The molecular weight excluding hydrogens is 525 g/mol. The fourth-order valence-corrected chi connectivity index (χ4v) is 4.24. The van der Waals surface area contributed by atoms with Crippen LogP contribution in [0.3, 0.4) is 0 Å². The van der Waals surface area contributed by atoms with Crippen molar-refractivity contribution in [3.63, 3.8) is 0 Å². The molecule has 40 heavy (non-hydrogen) atoms. The number of alkyl halides is 3. The van der Waals surface area contributed by atoms with Crippen LogP contribution in [-0.4, -0.2) is 40.8 Å². The van der Waals surface area contributed by atoms with E-state index >= 15 is 0 Å². The Morgan fingerprint density at radius 2 is 1.60 bits per heavy atom. The van der Waals surface area contributed by atoms with Crippen molar-refractivity contribution in [1.82, 2.24) is 19.5 Å². The van der Waals surface area contributed by atoms with Crippen LogP contribution in [0.1, 0.15) is 11.1 Å². The zero-order chi connectivity index (χ0) is 28.4. The fourth-order valence-electron chi connectivity index (χ4n) is 4.24. The van der Waals surface area contributed by atoms with Crippen LogP contribution in [0, 0.1) is 0 Å². The van der Waals surface area contributed by atoms with Gasteiger partial charge in [-0.1, -0.05) is 24.3 Å². The minimum Gasteiger partial charge on any atom is -0.493 e. The molecule has 0 saturated carbocycles. The van der Waals surface area contributed by atoms with Crippen LogP contribution < -0.4 is 25.3 Å². The van der Waals surface area contributed by atoms with Gasteiger partial charge in [0, 0.05) is 29.1 Å². The number of ether oxygens (including phenoxy) is 3. The highest BCUT2D eigenvalue weighted by molar-refractivity contribution is 5.88. The summed E-state index contributed by atoms with van der Waals surface area (Å²) in [6, 6.07) is 15.6. The van der Waals surface area contributed by atoms with Gasteiger partial charge in [0.2, 0.25) is 5.75 Å². The Labute approximate surface area is 227 Å². The summed E-state index contributed by atoms with van der Waals surface area (Å²) in [5.41, 5.74) is 8.68. The smallest absolute Gasteiger partial charge is 0.416 e. The van der Waals surface area contributed by atoms with Gasteiger partial charge in [0.1, 0.15) is 0 Å². The topological polar surface area (TPSA) is 109 Å². The lowest BCUT2D eigenvalue weighted by Crippen LogP contribution is -2.06. The Kier molecular flexibility index (Phi) is 7.07. The van der Waals surface area contributed by atoms with E-state index in [0.29, 0.717) is 62.6 Å². The molecule has 0 atom stereocenters. The molecule has 3 N–H and O–H groups in total. The van der Waals surface area contributed by atoms with Crippen molar-refractivity contribution < 1.29 is 27.4 Å². The molecule has 0 unspecified atom stereocenters. The van der Waals surface area contributed by atoms with Crippen molar-refractivity contribution in [3.05, 3.63) is 78.1 Å². The quantitative estimate of drug-likeness (QED) is 0.230. The highest BCUT2D eigenvalue weighted by Crippen LogP contribution is 2.41. The summed E-state index contributed by atoms with van der Waals surface area (Å²) in [6.07, 6.45) is -2.84. The van der Waals surface area contributed by atoms with Crippen molar-refractivity contribution in [2.24, 2.45) is 0 Å². The van der Waals surface area contributed by atoms with Gasteiger partial charge in [0.15, 0.2) is 34.3 Å². The normalized spacial score (nSPS) is 11.4. The second-order valence-corrected chi connectivity index (χ2v) is 8.80. The Hall–Kier alpha value is -5.00. The van der Waals surface area contributed by atoms with Crippen LogP contribution in [0.2, 0.25) is 0 Å². The van der Waals surface area contributed by atoms with Gasteiger partial charge in [-0.05, 0) is 29.8 Å². The second-order valence-electron chi connectivity index (χ2n) is 8.80. The molecule has 5 aromatic rings. The molecule has 206 valence electrons. The van der Waals surface area contributed by atoms with Gasteiger partial charge in [0.25, 0.3) is 0 Å². The molecule has 2 heterocycles. The molecule has 9 nitrogen and oxygen atoms in total. The number of fused-ring (bicyclic) bond motifs is 1. The number of nitrogens with zero attached hydrogens (tertiary/aromatic N) is 4. The summed E-state index contributed by atoms with van der Waals surface area (Å²) in [5.74, 6) is 2.09. The van der Waals surface area contributed by atoms with E-state index in [9.17, 15) is 13.2 Å². The van der Waals surface area contributed by atoms with Crippen LogP contribution in [0.15, 0.2) is 67.0 Å². The third-order valence-electron chi connectivity index (χ3n) is 6.17. The number of nitrogen functional groups attached to an aromatic ring is 1. The Balaban J connectivity index is 1.60. The van der Waals surface area contributed by atoms with E-state index < -0.39 is 11.7 Å². The van der Waals surface area contributed by atoms with E-state index in [1.54, 1.807) is 41.2 Å². The summed E-state index contributed by atoms with van der Waals surface area (Å²) in [6.45, 7) is 0.242. The van der Waals surface area contributed by atoms with Gasteiger partial charge in [-0.3, -0.25) is 0 Å². The van der Waals surface area contributed by atoms with Crippen LogP contribution in [0.25, 0.3) is 22.6 Å². The summed E-state index contributed by atoms with van der Waals surface area (Å²) in [4.78, 5) is 14.0. The number of benzene rings is 3. The van der Waals surface area contributed by atoms with Gasteiger partial charge < -0.3 is 29.8 Å². The first-order valence-electron chi connectivity index (χ1n) is 12.0. The van der Waals surface area contributed by atoms with Crippen molar-refractivity contribution in [1.29, 1.82) is 0 Å². The van der Waals surface area contributed by atoms with Gasteiger partial charge in [-0.2, -0.15) is 13.2 Å². The predicted molar refractivity (Wildman–Crippen MR) is 145 cm³/mol. The lowest BCUT2D eigenvalue weighted by atomic mass is 10.1. The maximum atomic E-state index is 13.0. The van der Waals surface area contributed by atoms with Gasteiger partial charge in [-0.15, -0.1) is 0 Å². The Morgan fingerprint density at radius 3 is 2.20 bits per heavy atom. The van der Waals surface area contributed by atoms with Gasteiger partial charge in [0.05, 0.1) is 39.8 Å². The fraction of sp³-hybridized carbons (Fsp3) is 0.179. The zero-order valence-corrected chi connectivity index (χ0v) is 21.8. The maximum absolute atomic E-state index is 13.0. The molecule has 0 spiro atoms. The van der Waals surface area contributed by atoms with Crippen LogP contribution in [0.5, 0.6) is 17.2 Å². The molecule has 12 heteroatoms. The van der Waals surface area contributed by atoms with Gasteiger partial charge in [-0.25, -0.2) is 15.0 Å². The molecule has 0 amide bonds. The molecule has 0 radical (unpaired) electrons. The minimum atomic E-state index is -4.41. The molecule has 0 fully saturated rings. The van der Waals surface area contributed by atoms with Crippen LogP contribution in [-0.2, 0) is 12.7 Å². The maximum Gasteiger partial charge on any atom is 0.416 e. The predicted octanol–water partition coefficient (Wildman–Crippen LogP) is 5.91. The number of nitrogens with two attached hydrogens (primary N) is 1. The molecule has 0 saturated heterocycles. The molecule has 3 aromatic carbocycles. The van der Waals surface area contributed by atoms with Crippen molar-refractivity contribution in [2.45, 2.75) is 12.7 Å². The molecule has 0 aliphatic rings. The highest BCUT2D eigenvalue weighted by atomic mass is 19.4. The number of nitrogens with one attached hydrogen (secondary N) is 1. The molecule has 0 bridgehead atoms. The number of rotatable bonds is 8. The van der Waals surface area contributed by atoms with Crippen LogP contribution in [0.4, 0.5) is 30.4 Å². The van der Waals surface area contributed by atoms with Crippen LogP contribution >= 0.6 is 0 Å². The van der Waals surface area contributed by atoms with Crippen molar-refractivity contribution in [2.75, 3.05) is 32.4 Å². The summed E-state index contributed by atoms with van der Waals surface area (Å²) >= 11 is 0. The van der Waals surface area contributed by atoms with E-state index in [-0.39, 0.29) is 6.54 Å². The van der Waals surface area contributed by atoms with E-state index in [0.717, 1.165) is 12.1 Å². The highest BCUT2D eigenvalue weighted by Gasteiger charge is 2.30. The molecule has 5 rings (SSSR count). The summed E-state index contributed by atoms with van der Waals surface area (Å²) in [7, 11) is 4.55. The number of aromatic nitrogens is 4. The molecular formula is C28H25F3N6O3. The van der Waals surface area contributed by atoms with E-state index in [4.69, 9.17) is 29.9 Å². The van der Waals surface area contributed by atoms with E-state index in [2.05, 4.69) is 10.3 Å². The molecule has 2 aromatic heterocycles. The summed E-state index contributed by atoms with van der Waals surface area (Å²) < 4.78 is 57.2. The lowest BCUT2D eigenvalue weighted by Gasteiger charge is -2.15. The number of anilines is 3. The molecule has 0 aliphatic carbocycles. The minimum absolute atomic E-state index is 0.242. The molecule has 0 aliphatic heterocycles. The van der Waals surface area contributed by atoms with Crippen molar-refractivity contribution in [3.8, 4) is 28.6 Å².